The van der Waals surface area contributed by atoms with Gasteiger partial charge in [0.2, 0.25) is 0 Å². The predicted molar refractivity (Wildman–Crippen MR) is 70.7 cm³/mol. The lowest BCUT2D eigenvalue weighted by molar-refractivity contribution is -0.0997. The van der Waals surface area contributed by atoms with E-state index in [2.05, 4.69) is 5.32 Å². The molecule has 17 heavy (non-hydrogen) atoms. The smallest absolute Gasteiger partial charge is 0.169 e. The average Bonchev–Trinajstić information content (AvgIpc) is 2.33. The van der Waals surface area contributed by atoms with Gasteiger partial charge >= 0.3 is 0 Å². The SMILES string of the molecule is COC(CNC(C)c1cc(Cl)ccc1Cl)OC. The Morgan fingerprint density at radius 1 is 1.24 bits per heavy atom. The third kappa shape index (κ3) is 4.45. The van der Waals surface area contributed by atoms with Crippen molar-refractivity contribution in [3.05, 3.63) is 33.8 Å². The van der Waals surface area contributed by atoms with Crippen LogP contribution in [0.4, 0.5) is 0 Å². The van der Waals surface area contributed by atoms with Crippen molar-refractivity contribution in [1.82, 2.24) is 5.32 Å². The van der Waals surface area contributed by atoms with Gasteiger partial charge in [0.25, 0.3) is 0 Å². The van der Waals surface area contributed by atoms with Crippen LogP contribution in [0, 0.1) is 0 Å². The largest absolute Gasteiger partial charge is 0.355 e. The van der Waals surface area contributed by atoms with Gasteiger partial charge in [-0.15, -0.1) is 0 Å². The number of hydrogen-bond acceptors (Lipinski definition) is 3. The number of nitrogens with one attached hydrogen (secondary N) is 1. The van der Waals surface area contributed by atoms with Crippen molar-refractivity contribution in [2.45, 2.75) is 19.3 Å². The summed E-state index contributed by atoms with van der Waals surface area (Å²) < 4.78 is 10.2. The molecule has 0 heterocycles. The van der Waals surface area contributed by atoms with Gasteiger partial charge in [-0.05, 0) is 30.7 Å². The molecule has 1 aromatic carbocycles. The average molecular weight is 278 g/mol. The third-order valence-electron chi connectivity index (χ3n) is 2.54. The molecule has 0 aliphatic rings. The summed E-state index contributed by atoms with van der Waals surface area (Å²) in [5.74, 6) is 0. The van der Waals surface area contributed by atoms with Crippen LogP contribution in [-0.2, 0) is 9.47 Å². The molecule has 0 saturated carbocycles. The van der Waals surface area contributed by atoms with Crippen LogP contribution in [0.15, 0.2) is 18.2 Å². The molecular formula is C12H17Cl2NO2. The van der Waals surface area contributed by atoms with Crippen LogP contribution in [0.1, 0.15) is 18.5 Å². The maximum atomic E-state index is 6.11. The Kier molecular flexibility index (Phi) is 6.23. The summed E-state index contributed by atoms with van der Waals surface area (Å²) in [7, 11) is 3.21. The summed E-state index contributed by atoms with van der Waals surface area (Å²) in [5, 5.41) is 4.65. The lowest BCUT2D eigenvalue weighted by atomic mass is 10.1. The first-order valence-corrected chi connectivity index (χ1v) is 6.08. The van der Waals surface area contributed by atoms with E-state index in [1.807, 2.05) is 13.0 Å². The van der Waals surface area contributed by atoms with Crippen molar-refractivity contribution in [1.29, 1.82) is 0 Å². The minimum Gasteiger partial charge on any atom is -0.355 e. The molecule has 1 N–H and O–H groups in total. The van der Waals surface area contributed by atoms with Gasteiger partial charge in [0.15, 0.2) is 6.29 Å². The molecule has 3 nitrogen and oxygen atoms in total. The summed E-state index contributed by atoms with van der Waals surface area (Å²) in [6.45, 7) is 2.59. The number of hydrogen-bond donors (Lipinski definition) is 1. The van der Waals surface area contributed by atoms with Gasteiger partial charge in [-0.2, -0.15) is 0 Å². The van der Waals surface area contributed by atoms with E-state index in [0.29, 0.717) is 16.6 Å². The first-order valence-electron chi connectivity index (χ1n) is 5.32. The lowest BCUT2D eigenvalue weighted by Gasteiger charge is -2.19. The van der Waals surface area contributed by atoms with Gasteiger partial charge < -0.3 is 14.8 Å². The van der Waals surface area contributed by atoms with E-state index < -0.39 is 0 Å². The van der Waals surface area contributed by atoms with E-state index in [0.717, 1.165) is 5.56 Å². The van der Waals surface area contributed by atoms with E-state index in [1.165, 1.54) is 0 Å². The van der Waals surface area contributed by atoms with Crippen molar-refractivity contribution in [3.63, 3.8) is 0 Å². The quantitative estimate of drug-likeness (QED) is 0.810. The number of halogens is 2. The number of ether oxygens (including phenoxy) is 2. The second kappa shape index (κ2) is 7.19. The molecular weight excluding hydrogens is 261 g/mol. The standard InChI is InChI=1S/C12H17Cl2NO2/c1-8(15-7-12(16-2)17-3)10-6-9(13)4-5-11(10)14/h4-6,8,12,15H,7H2,1-3H3. The first-order chi connectivity index (χ1) is 8.08. The maximum Gasteiger partial charge on any atom is 0.169 e. The molecule has 0 aliphatic heterocycles. The van der Waals surface area contributed by atoms with E-state index in [-0.39, 0.29) is 12.3 Å². The molecule has 1 atom stereocenters. The Balaban J connectivity index is 2.63. The van der Waals surface area contributed by atoms with Crippen LogP contribution in [0.5, 0.6) is 0 Å². The van der Waals surface area contributed by atoms with Crippen LogP contribution in [-0.4, -0.2) is 27.1 Å². The zero-order chi connectivity index (χ0) is 12.8. The molecule has 0 saturated heterocycles. The second-order valence-corrected chi connectivity index (χ2v) is 4.54. The summed E-state index contributed by atoms with van der Waals surface area (Å²) in [6, 6.07) is 5.50. The second-order valence-electron chi connectivity index (χ2n) is 3.70. The Hall–Kier alpha value is -0.320. The summed E-state index contributed by atoms with van der Waals surface area (Å²) in [6.07, 6.45) is -0.268. The van der Waals surface area contributed by atoms with E-state index in [4.69, 9.17) is 32.7 Å². The van der Waals surface area contributed by atoms with Gasteiger partial charge in [0, 0.05) is 36.9 Å². The van der Waals surface area contributed by atoms with Crippen LogP contribution in [0.25, 0.3) is 0 Å². The molecule has 5 heteroatoms. The van der Waals surface area contributed by atoms with Crippen LogP contribution in [0.3, 0.4) is 0 Å². The molecule has 0 spiro atoms. The van der Waals surface area contributed by atoms with E-state index in [1.54, 1.807) is 26.4 Å². The Bertz CT molecular complexity index is 356. The number of benzene rings is 1. The van der Waals surface area contributed by atoms with Crippen LogP contribution < -0.4 is 5.32 Å². The predicted octanol–water partition coefficient (Wildman–Crippen LogP) is 3.26. The topological polar surface area (TPSA) is 30.5 Å². The highest BCUT2D eigenvalue weighted by Crippen LogP contribution is 2.26. The van der Waals surface area contributed by atoms with Crippen molar-refractivity contribution in [3.8, 4) is 0 Å². The molecule has 0 bridgehead atoms. The Morgan fingerprint density at radius 2 is 1.88 bits per heavy atom. The van der Waals surface area contributed by atoms with Crippen LogP contribution >= 0.6 is 23.2 Å². The molecule has 1 rings (SSSR count). The van der Waals surface area contributed by atoms with Gasteiger partial charge in [-0.3, -0.25) is 0 Å². The fourth-order valence-corrected chi connectivity index (χ4v) is 1.95. The summed E-state index contributed by atoms with van der Waals surface area (Å²) >= 11 is 12.1. The van der Waals surface area contributed by atoms with Gasteiger partial charge in [0.05, 0.1) is 0 Å². The molecule has 0 radical (unpaired) electrons. The highest BCUT2D eigenvalue weighted by molar-refractivity contribution is 6.33. The van der Waals surface area contributed by atoms with Crippen molar-refractivity contribution in [2.75, 3.05) is 20.8 Å². The van der Waals surface area contributed by atoms with Crippen molar-refractivity contribution < 1.29 is 9.47 Å². The summed E-state index contributed by atoms with van der Waals surface area (Å²) in [5.41, 5.74) is 0.963. The van der Waals surface area contributed by atoms with Gasteiger partial charge in [0.1, 0.15) is 0 Å². The minimum absolute atomic E-state index is 0.0778. The van der Waals surface area contributed by atoms with Gasteiger partial charge in [-0.1, -0.05) is 23.2 Å². The van der Waals surface area contributed by atoms with E-state index >= 15 is 0 Å². The normalized spacial score (nSPS) is 13.1. The molecule has 1 unspecified atom stereocenters. The minimum atomic E-state index is -0.268. The van der Waals surface area contributed by atoms with Crippen molar-refractivity contribution in [2.24, 2.45) is 0 Å². The summed E-state index contributed by atoms with van der Waals surface area (Å²) in [4.78, 5) is 0. The van der Waals surface area contributed by atoms with Crippen molar-refractivity contribution >= 4 is 23.2 Å². The molecule has 0 aromatic heterocycles. The maximum absolute atomic E-state index is 6.11. The van der Waals surface area contributed by atoms with E-state index in [9.17, 15) is 0 Å². The molecule has 0 aliphatic carbocycles. The highest BCUT2D eigenvalue weighted by atomic mass is 35.5. The zero-order valence-corrected chi connectivity index (χ0v) is 11.7. The fraction of sp³-hybridized carbons (Fsp3) is 0.500. The monoisotopic (exact) mass is 277 g/mol. The molecule has 0 amide bonds. The highest BCUT2D eigenvalue weighted by Gasteiger charge is 2.12. The number of rotatable bonds is 6. The lowest BCUT2D eigenvalue weighted by Crippen LogP contribution is -2.31. The first kappa shape index (κ1) is 14.7. The zero-order valence-electron chi connectivity index (χ0n) is 10.2. The third-order valence-corrected chi connectivity index (χ3v) is 3.12. The number of methoxy groups -OCH3 is 2. The van der Waals surface area contributed by atoms with Gasteiger partial charge in [-0.25, -0.2) is 0 Å². The molecule has 1 aromatic rings. The fourth-order valence-electron chi connectivity index (χ4n) is 1.49. The molecule has 0 fully saturated rings. The molecule has 96 valence electrons. The van der Waals surface area contributed by atoms with Crippen LogP contribution in [0.2, 0.25) is 10.0 Å². The Morgan fingerprint density at radius 3 is 2.47 bits per heavy atom. The Labute approximate surface area is 112 Å².